The minimum atomic E-state index is -0.0673. The van der Waals surface area contributed by atoms with Crippen molar-refractivity contribution in [3.8, 4) is 0 Å². The highest BCUT2D eigenvalue weighted by molar-refractivity contribution is 5.94. The Morgan fingerprint density at radius 1 is 0.885 bits per heavy atom. The molecule has 0 aliphatic carbocycles. The van der Waals surface area contributed by atoms with Gasteiger partial charge in [0, 0.05) is 30.9 Å². The molecule has 1 saturated heterocycles. The average Bonchev–Trinajstić information content (AvgIpc) is 2.72. The van der Waals surface area contributed by atoms with E-state index < -0.39 is 0 Å². The molecule has 0 atom stereocenters. The molecule has 0 spiro atoms. The third-order valence-corrected chi connectivity index (χ3v) is 4.56. The third kappa shape index (κ3) is 5.09. The van der Waals surface area contributed by atoms with E-state index >= 15 is 0 Å². The van der Waals surface area contributed by atoms with E-state index in [1.807, 2.05) is 59.5 Å². The molecule has 2 N–H and O–H groups in total. The monoisotopic (exact) mass is 351 g/mol. The minimum absolute atomic E-state index is 0.0673. The normalized spacial score (nSPS) is 13.9. The van der Waals surface area contributed by atoms with Crippen molar-refractivity contribution in [2.75, 3.05) is 25.0 Å². The van der Waals surface area contributed by atoms with Crippen LogP contribution in [-0.2, 0) is 11.3 Å². The van der Waals surface area contributed by atoms with E-state index in [1.165, 1.54) is 6.42 Å². The first-order valence-corrected chi connectivity index (χ1v) is 9.16. The van der Waals surface area contributed by atoms with Crippen molar-refractivity contribution >= 4 is 17.5 Å². The van der Waals surface area contributed by atoms with Crippen LogP contribution in [0.1, 0.15) is 35.2 Å². The number of benzene rings is 2. The van der Waals surface area contributed by atoms with Crippen molar-refractivity contribution in [1.82, 2.24) is 10.2 Å². The lowest BCUT2D eigenvalue weighted by molar-refractivity contribution is -0.119. The number of hydrogen-bond acceptors (Lipinski definition) is 3. The van der Waals surface area contributed by atoms with Crippen LogP contribution in [0.3, 0.4) is 0 Å². The Labute approximate surface area is 154 Å². The fourth-order valence-electron chi connectivity index (χ4n) is 3.05. The minimum Gasteiger partial charge on any atom is -0.376 e. The zero-order valence-corrected chi connectivity index (χ0v) is 14.9. The van der Waals surface area contributed by atoms with E-state index in [1.54, 1.807) is 0 Å². The second-order valence-corrected chi connectivity index (χ2v) is 6.55. The van der Waals surface area contributed by atoms with Crippen molar-refractivity contribution in [3.05, 3.63) is 65.7 Å². The zero-order chi connectivity index (χ0) is 18.2. The summed E-state index contributed by atoms with van der Waals surface area (Å²) < 4.78 is 0. The van der Waals surface area contributed by atoms with E-state index in [2.05, 4.69) is 10.6 Å². The number of piperidine rings is 1. The maximum Gasteiger partial charge on any atom is 0.253 e. The third-order valence-electron chi connectivity index (χ3n) is 4.56. The summed E-state index contributed by atoms with van der Waals surface area (Å²) in [7, 11) is 0. The van der Waals surface area contributed by atoms with Gasteiger partial charge in [-0.1, -0.05) is 30.3 Å². The lowest BCUT2D eigenvalue weighted by Gasteiger charge is -2.26. The quantitative estimate of drug-likeness (QED) is 0.841. The standard InChI is InChI=1S/C21H25N3O2/c25-20(23-15-17-7-3-1-4-8-17)16-22-19-11-9-18(10-12-19)21(26)24-13-5-2-6-14-24/h1,3-4,7-12,22H,2,5-6,13-16H2,(H,23,25). The van der Waals surface area contributed by atoms with Crippen LogP contribution >= 0.6 is 0 Å². The number of carbonyl (C=O) groups is 2. The highest BCUT2D eigenvalue weighted by Crippen LogP contribution is 2.15. The van der Waals surface area contributed by atoms with Crippen LogP contribution < -0.4 is 10.6 Å². The number of nitrogens with one attached hydrogen (secondary N) is 2. The highest BCUT2D eigenvalue weighted by atomic mass is 16.2. The Morgan fingerprint density at radius 2 is 1.58 bits per heavy atom. The first-order valence-electron chi connectivity index (χ1n) is 9.16. The van der Waals surface area contributed by atoms with Gasteiger partial charge in [-0.25, -0.2) is 0 Å². The predicted molar refractivity (Wildman–Crippen MR) is 103 cm³/mol. The number of amides is 2. The predicted octanol–water partition coefficient (Wildman–Crippen LogP) is 3.04. The van der Waals surface area contributed by atoms with Gasteiger partial charge in [-0.2, -0.15) is 0 Å². The summed E-state index contributed by atoms with van der Waals surface area (Å²) in [6.07, 6.45) is 3.38. The van der Waals surface area contributed by atoms with Crippen molar-refractivity contribution < 1.29 is 9.59 Å². The Kier molecular flexibility index (Phi) is 6.25. The summed E-state index contributed by atoms with van der Waals surface area (Å²) >= 11 is 0. The summed E-state index contributed by atoms with van der Waals surface area (Å²) in [5, 5.41) is 5.97. The molecule has 3 rings (SSSR count). The first kappa shape index (κ1) is 18.0. The summed E-state index contributed by atoms with van der Waals surface area (Å²) in [6, 6.07) is 17.1. The van der Waals surface area contributed by atoms with Crippen LogP contribution in [0.15, 0.2) is 54.6 Å². The van der Waals surface area contributed by atoms with E-state index in [0.717, 1.165) is 37.2 Å². The van der Waals surface area contributed by atoms with Gasteiger partial charge < -0.3 is 15.5 Å². The molecule has 0 radical (unpaired) electrons. The van der Waals surface area contributed by atoms with Gasteiger partial charge in [0.25, 0.3) is 5.91 Å². The molecule has 1 heterocycles. The SMILES string of the molecule is O=C(CNc1ccc(C(=O)N2CCCCC2)cc1)NCc1ccccc1. The van der Waals surface area contributed by atoms with Crippen LogP contribution in [-0.4, -0.2) is 36.3 Å². The number of carbonyl (C=O) groups excluding carboxylic acids is 2. The van der Waals surface area contributed by atoms with E-state index in [-0.39, 0.29) is 18.4 Å². The zero-order valence-electron chi connectivity index (χ0n) is 14.9. The molecule has 26 heavy (non-hydrogen) atoms. The molecule has 1 fully saturated rings. The molecule has 1 aliphatic rings. The van der Waals surface area contributed by atoms with Gasteiger partial charge in [0.2, 0.25) is 5.91 Å². The molecule has 5 heteroatoms. The largest absolute Gasteiger partial charge is 0.376 e. The fraction of sp³-hybridized carbons (Fsp3) is 0.333. The van der Waals surface area contributed by atoms with E-state index in [0.29, 0.717) is 12.1 Å². The van der Waals surface area contributed by atoms with Crippen molar-refractivity contribution in [2.45, 2.75) is 25.8 Å². The van der Waals surface area contributed by atoms with Gasteiger partial charge >= 0.3 is 0 Å². The Balaban J connectivity index is 1.45. The number of hydrogen-bond donors (Lipinski definition) is 2. The second kappa shape index (κ2) is 9.04. The van der Waals surface area contributed by atoms with Crippen LogP contribution in [0.5, 0.6) is 0 Å². The Morgan fingerprint density at radius 3 is 2.27 bits per heavy atom. The number of rotatable bonds is 6. The maximum absolute atomic E-state index is 12.4. The van der Waals surface area contributed by atoms with Gasteiger partial charge in [-0.3, -0.25) is 9.59 Å². The molecule has 0 unspecified atom stereocenters. The molecular weight excluding hydrogens is 326 g/mol. The summed E-state index contributed by atoms with van der Waals surface area (Å²) in [4.78, 5) is 26.3. The van der Waals surface area contributed by atoms with Crippen molar-refractivity contribution in [1.29, 1.82) is 0 Å². The molecule has 1 aliphatic heterocycles. The molecule has 136 valence electrons. The number of likely N-dealkylation sites (tertiary alicyclic amines) is 1. The smallest absolute Gasteiger partial charge is 0.253 e. The molecule has 0 aromatic heterocycles. The van der Waals surface area contributed by atoms with Gasteiger partial charge in [-0.05, 0) is 49.1 Å². The highest BCUT2D eigenvalue weighted by Gasteiger charge is 2.17. The molecule has 2 aromatic carbocycles. The second-order valence-electron chi connectivity index (χ2n) is 6.55. The summed E-state index contributed by atoms with van der Waals surface area (Å²) in [6.45, 7) is 2.41. The molecule has 2 amide bonds. The average molecular weight is 351 g/mol. The van der Waals surface area contributed by atoms with Gasteiger partial charge in [-0.15, -0.1) is 0 Å². The van der Waals surface area contributed by atoms with Crippen LogP contribution in [0.4, 0.5) is 5.69 Å². The van der Waals surface area contributed by atoms with Gasteiger partial charge in [0.1, 0.15) is 0 Å². The topological polar surface area (TPSA) is 61.4 Å². The first-order chi connectivity index (χ1) is 12.7. The summed E-state index contributed by atoms with van der Waals surface area (Å²) in [5.74, 6) is 0.0270. The van der Waals surface area contributed by atoms with Crippen LogP contribution in [0.2, 0.25) is 0 Å². The van der Waals surface area contributed by atoms with Crippen LogP contribution in [0, 0.1) is 0 Å². The molecule has 0 saturated carbocycles. The lowest BCUT2D eigenvalue weighted by Crippen LogP contribution is -2.35. The fourth-order valence-corrected chi connectivity index (χ4v) is 3.05. The van der Waals surface area contributed by atoms with E-state index in [4.69, 9.17) is 0 Å². The van der Waals surface area contributed by atoms with Gasteiger partial charge in [0.15, 0.2) is 0 Å². The molecule has 2 aromatic rings. The van der Waals surface area contributed by atoms with E-state index in [9.17, 15) is 9.59 Å². The van der Waals surface area contributed by atoms with Crippen molar-refractivity contribution in [3.63, 3.8) is 0 Å². The lowest BCUT2D eigenvalue weighted by atomic mass is 10.1. The van der Waals surface area contributed by atoms with Crippen LogP contribution in [0.25, 0.3) is 0 Å². The Bertz CT molecular complexity index is 723. The number of nitrogens with zero attached hydrogens (tertiary/aromatic N) is 1. The maximum atomic E-state index is 12.4. The molecular formula is C21H25N3O2. The van der Waals surface area contributed by atoms with Crippen molar-refractivity contribution in [2.24, 2.45) is 0 Å². The number of anilines is 1. The van der Waals surface area contributed by atoms with Gasteiger partial charge in [0.05, 0.1) is 6.54 Å². The molecule has 0 bridgehead atoms. The molecule has 5 nitrogen and oxygen atoms in total. The summed E-state index contributed by atoms with van der Waals surface area (Å²) in [5.41, 5.74) is 2.60. The Hall–Kier alpha value is -2.82.